The van der Waals surface area contributed by atoms with Crippen LogP contribution in [0.5, 0.6) is 5.75 Å². The third-order valence-corrected chi connectivity index (χ3v) is 5.28. The van der Waals surface area contributed by atoms with Crippen LogP contribution in [0.4, 0.5) is 0 Å². The Morgan fingerprint density at radius 1 is 0.966 bits per heavy atom. The molecule has 0 aliphatic heterocycles. The molecule has 0 N–H and O–H groups in total. The van der Waals surface area contributed by atoms with Gasteiger partial charge < -0.3 is 14.2 Å². The molecule has 6 nitrogen and oxygen atoms in total. The zero-order valence-corrected chi connectivity index (χ0v) is 16.8. The average Bonchev–Trinajstić information content (AvgIpc) is 2.74. The van der Waals surface area contributed by atoms with Crippen LogP contribution in [-0.4, -0.2) is 38.0 Å². The predicted molar refractivity (Wildman–Crippen MR) is 106 cm³/mol. The van der Waals surface area contributed by atoms with Crippen LogP contribution in [-0.2, 0) is 24.5 Å². The van der Waals surface area contributed by atoms with E-state index >= 15 is 0 Å². The molecule has 0 bridgehead atoms. The molecule has 29 heavy (non-hydrogen) atoms. The molecule has 0 fully saturated rings. The van der Waals surface area contributed by atoms with E-state index in [4.69, 9.17) is 14.2 Å². The van der Waals surface area contributed by atoms with Crippen LogP contribution >= 0.6 is 0 Å². The van der Waals surface area contributed by atoms with Crippen molar-refractivity contribution in [2.75, 3.05) is 20.3 Å². The van der Waals surface area contributed by atoms with Crippen molar-refractivity contribution in [3.63, 3.8) is 0 Å². The van der Waals surface area contributed by atoms with Gasteiger partial charge in [0.2, 0.25) is 0 Å². The van der Waals surface area contributed by atoms with Gasteiger partial charge in [0.15, 0.2) is 11.2 Å². The molecule has 0 radical (unpaired) electrons. The minimum Gasteiger partial charge on any atom is -0.497 e. The SMILES string of the molecule is CCOC(=O)C1(C(=O)OCC)c2ccccc2C(=O)CC1c1ccc(OC)cc1. The van der Waals surface area contributed by atoms with Gasteiger partial charge in [-0.2, -0.15) is 0 Å². The molecule has 1 aliphatic carbocycles. The first-order chi connectivity index (χ1) is 14.0. The van der Waals surface area contributed by atoms with Gasteiger partial charge in [0, 0.05) is 17.9 Å². The number of carbonyl (C=O) groups excluding carboxylic acids is 3. The molecule has 2 aromatic carbocycles. The molecule has 2 aromatic rings. The lowest BCUT2D eigenvalue weighted by Gasteiger charge is -2.40. The maximum Gasteiger partial charge on any atom is 0.328 e. The first-order valence-corrected chi connectivity index (χ1v) is 9.61. The molecule has 0 spiro atoms. The summed E-state index contributed by atoms with van der Waals surface area (Å²) >= 11 is 0. The van der Waals surface area contributed by atoms with Crippen molar-refractivity contribution < 1.29 is 28.6 Å². The summed E-state index contributed by atoms with van der Waals surface area (Å²) in [5.41, 5.74) is -0.424. The van der Waals surface area contributed by atoms with E-state index in [2.05, 4.69) is 0 Å². The number of hydrogen-bond donors (Lipinski definition) is 0. The Balaban J connectivity index is 2.30. The molecule has 0 heterocycles. The molecule has 3 rings (SSSR count). The number of esters is 2. The minimum absolute atomic E-state index is 0.0129. The molecule has 6 heteroatoms. The predicted octanol–water partition coefficient (Wildman–Crippen LogP) is 3.43. The Morgan fingerprint density at radius 3 is 2.10 bits per heavy atom. The highest BCUT2D eigenvalue weighted by molar-refractivity contribution is 6.14. The number of rotatable bonds is 6. The summed E-state index contributed by atoms with van der Waals surface area (Å²) in [7, 11) is 1.55. The zero-order chi connectivity index (χ0) is 21.0. The first-order valence-electron chi connectivity index (χ1n) is 9.61. The van der Waals surface area contributed by atoms with Crippen LogP contribution in [0.3, 0.4) is 0 Å². The maximum absolute atomic E-state index is 13.4. The lowest BCUT2D eigenvalue weighted by Crippen LogP contribution is -2.54. The van der Waals surface area contributed by atoms with Gasteiger partial charge in [0.25, 0.3) is 0 Å². The summed E-state index contributed by atoms with van der Waals surface area (Å²) < 4.78 is 15.9. The zero-order valence-electron chi connectivity index (χ0n) is 16.8. The summed E-state index contributed by atoms with van der Waals surface area (Å²) in [4.78, 5) is 39.6. The second kappa shape index (κ2) is 8.47. The standard InChI is InChI=1S/C23H24O6/c1-4-28-21(25)23(22(26)29-5-2)18-9-7-6-8-17(18)20(24)14-19(23)15-10-12-16(27-3)13-11-15/h6-13,19H,4-5,14H2,1-3H3. The molecule has 1 aliphatic rings. The van der Waals surface area contributed by atoms with Crippen molar-refractivity contribution in [1.29, 1.82) is 0 Å². The fourth-order valence-corrected chi connectivity index (χ4v) is 3.99. The number of Topliss-reactive ketones (excluding diaryl/α,β-unsaturated/α-hetero) is 1. The third-order valence-electron chi connectivity index (χ3n) is 5.28. The summed E-state index contributed by atoms with van der Waals surface area (Å²) in [6.07, 6.45) is -0.0129. The molecule has 0 aromatic heterocycles. The van der Waals surface area contributed by atoms with Crippen LogP contribution in [0.1, 0.15) is 47.7 Å². The van der Waals surface area contributed by atoms with E-state index in [0.29, 0.717) is 22.4 Å². The van der Waals surface area contributed by atoms with Gasteiger partial charge in [-0.15, -0.1) is 0 Å². The normalized spacial score (nSPS) is 17.2. The molecule has 0 saturated heterocycles. The number of hydrogen-bond acceptors (Lipinski definition) is 6. The molecular formula is C23H24O6. The number of carbonyl (C=O) groups is 3. The Hall–Kier alpha value is -3.15. The van der Waals surface area contributed by atoms with Crippen molar-refractivity contribution in [3.05, 3.63) is 65.2 Å². The van der Waals surface area contributed by atoms with Gasteiger partial charge in [0.1, 0.15) is 5.75 Å². The summed E-state index contributed by atoms with van der Waals surface area (Å²) in [5, 5.41) is 0. The second-order valence-corrected chi connectivity index (χ2v) is 6.75. The quantitative estimate of drug-likeness (QED) is 0.550. The fourth-order valence-electron chi connectivity index (χ4n) is 3.99. The van der Waals surface area contributed by atoms with Gasteiger partial charge in [-0.1, -0.05) is 36.4 Å². The molecular weight excluding hydrogens is 372 g/mol. The van der Waals surface area contributed by atoms with Crippen LogP contribution in [0, 0.1) is 0 Å². The highest BCUT2D eigenvalue weighted by atomic mass is 16.6. The van der Waals surface area contributed by atoms with E-state index in [-0.39, 0.29) is 25.4 Å². The van der Waals surface area contributed by atoms with E-state index in [0.717, 1.165) is 0 Å². The van der Waals surface area contributed by atoms with Gasteiger partial charge in [-0.25, -0.2) is 0 Å². The van der Waals surface area contributed by atoms with Crippen molar-refractivity contribution >= 4 is 17.7 Å². The second-order valence-electron chi connectivity index (χ2n) is 6.75. The summed E-state index contributed by atoms with van der Waals surface area (Å²) in [6, 6.07) is 13.7. The minimum atomic E-state index is -1.76. The lowest BCUT2D eigenvalue weighted by molar-refractivity contribution is -0.166. The van der Waals surface area contributed by atoms with Crippen molar-refractivity contribution in [1.82, 2.24) is 0 Å². The lowest BCUT2D eigenvalue weighted by atomic mass is 9.60. The van der Waals surface area contributed by atoms with Crippen LogP contribution in [0.2, 0.25) is 0 Å². The van der Waals surface area contributed by atoms with E-state index in [9.17, 15) is 14.4 Å². The smallest absolute Gasteiger partial charge is 0.328 e. The number of ether oxygens (including phenoxy) is 3. The highest BCUT2D eigenvalue weighted by Gasteiger charge is 2.60. The largest absolute Gasteiger partial charge is 0.497 e. The van der Waals surface area contributed by atoms with Crippen LogP contribution in [0.25, 0.3) is 0 Å². The van der Waals surface area contributed by atoms with Gasteiger partial charge >= 0.3 is 11.9 Å². The first kappa shape index (κ1) is 20.6. The van der Waals surface area contributed by atoms with E-state index in [1.54, 1.807) is 69.5 Å². The number of methoxy groups -OCH3 is 1. The van der Waals surface area contributed by atoms with Crippen molar-refractivity contribution in [2.24, 2.45) is 0 Å². The summed E-state index contributed by atoms with van der Waals surface area (Å²) in [6.45, 7) is 3.56. The third kappa shape index (κ3) is 3.39. The van der Waals surface area contributed by atoms with Crippen molar-refractivity contribution in [3.8, 4) is 5.75 Å². The highest BCUT2D eigenvalue weighted by Crippen LogP contribution is 2.49. The average molecular weight is 396 g/mol. The van der Waals surface area contributed by atoms with Gasteiger partial charge in [-0.3, -0.25) is 14.4 Å². The van der Waals surface area contributed by atoms with Crippen LogP contribution in [0.15, 0.2) is 48.5 Å². The molecule has 152 valence electrons. The topological polar surface area (TPSA) is 78.9 Å². The van der Waals surface area contributed by atoms with Crippen LogP contribution < -0.4 is 4.74 Å². The maximum atomic E-state index is 13.4. The number of benzene rings is 2. The molecule has 1 unspecified atom stereocenters. The molecule has 0 amide bonds. The molecule has 0 saturated carbocycles. The van der Waals surface area contributed by atoms with E-state index < -0.39 is 23.3 Å². The van der Waals surface area contributed by atoms with E-state index in [1.165, 1.54) is 0 Å². The Labute approximate surface area is 169 Å². The fraction of sp³-hybridized carbons (Fsp3) is 0.348. The number of fused-ring (bicyclic) bond motifs is 1. The Kier molecular flexibility index (Phi) is 6.01. The Morgan fingerprint density at radius 2 is 1.55 bits per heavy atom. The van der Waals surface area contributed by atoms with Gasteiger partial charge in [-0.05, 0) is 37.1 Å². The van der Waals surface area contributed by atoms with E-state index in [1.807, 2.05) is 0 Å². The monoisotopic (exact) mass is 396 g/mol. The summed E-state index contributed by atoms with van der Waals surface area (Å²) in [5.74, 6) is -1.67. The Bertz CT molecular complexity index is 897. The number of ketones is 1. The molecule has 1 atom stereocenters. The van der Waals surface area contributed by atoms with Gasteiger partial charge in [0.05, 0.1) is 20.3 Å². The van der Waals surface area contributed by atoms with Crippen molar-refractivity contribution in [2.45, 2.75) is 31.6 Å².